The molecule has 4 nitrogen and oxygen atoms in total. The number of hydrogen-bond donors (Lipinski definition) is 1. The minimum Gasteiger partial charge on any atom is -0.339 e. The number of fused-ring (bicyclic) bond motifs is 1. The van der Waals surface area contributed by atoms with Gasteiger partial charge in [0.05, 0.1) is 10.4 Å². The van der Waals surface area contributed by atoms with Crippen LogP contribution in [0.3, 0.4) is 0 Å². The molecular weight excluding hydrogens is 445 g/mol. The minimum atomic E-state index is -0.241. The highest BCUT2D eigenvalue weighted by Gasteiger charge is 2.32. The molecule has 0 radical (unpaired) electrons. The van der Waals surface area contributed by atoms with E-state index in [9.17, 15) is 9.18 Å². The van der Waals surface area contributed by atoms with Crippen molar-refractivity contribution in [2.75, 3.05) is 17.8 Å². The Kier molecular flexibility index (Phi) is 7.46. The van der Waals surface area contributed by atoms with Crippen LogP contribution in [-0.4, -0.2) is 28.9 Å². The number of nitrogens with zero attached hydrogens (tertiary/aromatic N) is 2. The summed E-state index contributed by atoms with van der Waals surface area (Å²) in [5, 5.41) is 0.587. The van der Waals surface area contributed by atoms with Crippen LogP contribution in [0.5, 0.6) is 0 Å². The molecule has 1 amide bonds. The Balaban J connectivity index is 1.40. The molecule has 0 aliphatic carbocycles. The Morgan fingerprint density at radius 1 is 1.15 bits per heavy atom. The second-order valence-corrected chi connectivity index (χ2v) is 10.9. The van der Waals surface area contributed by atoms with Gasteiger partial charge >= 0.3 is 0 Å². The number of rotatable bonds is 7. The van der Waals surface area contributed by atoms with Gasteiger partial charge in [-0.25, -0.2) is 4.39 Å². The highest BCUT2D eigenvalue weighted by molar-refractivity contribution is 8.00. The molecule has 6 heteroatoms. The van der Waals surface area contributed by atoms with Crippen molar-refractivity contribution in [1.29, 1.82) is 0 Å². The standard InChI is InChI=1S/C28H34FN3OS/c1-5-20-12-15-30-26-24(11-10-23(29)25(20)26)34-31-22-8-6-21(7-9-22)27(33)32-16-13-28(4,14-17-32)18-19(2)3/h6-12,15,19,31H,5,13-14,16-18H2,1-4H3. The van der Waals surface area contributed by atoms with Gasteiger partial charge in [0.25, 0.3) is 5.91 Å². The molecule has 34 heavy (non-hydrogen) atoms. The summed E-state index contributed by atoms with van der Waals surface area (Å²) in [7, 11) is 0. The number of halogens is 1. The largest absolute Gasteiger partial charge is 0.339 e. The van der Waals surface area contributed by atoms with Gasteiger partial charge in [-0.3, -0.25) is 9.78 Å². The monoisotopic (exact) mass is 479 g/mol. The van der Waals surface area contributed by atoms with Gasteiger partial charge in [-0.05, 0) is 97.0 Å². The Hall–Kier alpha value is -2.60. The number of benzene rings is 2. The van der Waals surface area contributed by atoms with Gasteiger partial charge in [0.2, 0.25) is 0 Å². The van der Waals surface area contributed by atoms with Crippen molar-refractivity contribution in [3.05, 3.63) is 65.6 Å². The molecule has 0 unspecified atom stereocenters. The quantitative estimate of drug-likeness (QED) is 0.360. The van der Waals surface area contributed by atoms with Crippen molar-refractivity contribution in [3.8, 4) is 0 Å². The molecule has 1 N–H and O–H groups in total. The first kappa shape index (κ1) is 24.5. The fourth-order valence-electron chi connectivity index (χ4n) is 5.06. The Morgan fingerprint density at radius 3 is 2.50 bits per heavy atom. The van der Waals surface area contributed by atoms with Crippen molar-refractivity contribution in [1.82, 2.24) is 9.88 Å². The van der Waals surface area contributed by atoms with E-state index in [0.717, 1.165) is 48.5 Å². The Bertz CT molecular complexity index is 1150. The van der Waals surface area contributed by atoms with Crippen molar-refractivity contribution in [2.45, 2.75) is 58.3 Å². The lowest BCUT2D eigenvalue weighted by molar-refractivity contribution is 0.0570. The molecule has 1 aliphatic rings. The normalized spacial score (nSPS) is 15.6. The maximum atomic E-state index is 14.4. The van der Waals surface area contributed by atoms with E-state index in [0.29, 0.717) is 27.8 Å². The molecule has 0 saturated carbocycles. The second kappa shape index (κ2) is 10.3. The van der Waals surface area contributed by atoms with E-state index in [1.807, 2.05) is 42.2 Å². The summed E-state index contributed by atoms with van der Waals surface area (Å²) < 4.78 is 17.8. The van der Waals surface area contributed by atoms with Gasteiger partial charge in [0.1, 0.15) is 5.82 Å². The SMILES string of the molecule is CCc1ccnc2c(SNc3ccc(C(=O)N4CCC(C)(CC(C)C)CC4)cc3)ccc(F)c12. The third-order valence-electron chi connectivity index (χ3n) is 6.84. The number of likely N-dealkylation sites (tertiary alicyclic amines) is 1. The molecule has 2 aromatic carbocycles. The van der Waals surface area contributed by atoms with E-state index in [4.69, 9.17) is 0 Å². The zero-order valence-corrected chi connectivity index (χ0v) is 21.3. The van der Waals surface area contributed by atoms with Crippen LogP contribution in [0.15, 0.2) is 53.6 Å². The third kappa shape index (κ3) is 5.38. The highest BCUT2D eigenvalue weighted by atomic mass is 32.2. The summed E-state index contributed by atoms with van der Waals surface area (Å²) in [5.74, 6) is 0.545. The van der Waals surface area contributed by atoms with E-state index in [-0.39, 0.29) is 11.7 Å². The molecule has 3 aromatic rings. The first-order valence-electron chi connectivity index (χ1n) is 12.2. The smallest absolute Gasteiger partial charge is 0.253 e. The van der Waals surface area contributed by atoms with E-state index in [1.165, 1.54) is 24.4 Å². The molecular formula is C28H34FN3OS. The zero-order valence-electron chi connectivity index (χ0n) is 20.5. The third-order valence-corrected chi connectivity index (χ3v) is 7.73. The minimum absolute atomic E-state index is 0.103. The lowest BCUT2D eigenvalue weighted by Gasteiger charge is -2.40. The van der Waals surface area contributed by atoms with Gasteiger partial charge in [-0.15, -0.1) is 0 Å². The van der Waals surface area contributed by atoms with Gasteiger partial charge in [-0.1, -0.05) is 27.7 Å². The summed E-state index contributed by atoms with van der Waals surface area (Å²) in [6, 6.07) is 12.7. The van der Waals surface area contributed by atoms with E-state index in [1.54, 1.807) is 12.3 Å². The first-order chi connectivity index (χ1) is 16.3. The van der Waals surface area contributed by atoms with E-state index < -0.39 is 0 Å². The number of pyridine rings is 1. The topological polar surface area (TPSA) is 45.2 Å². The van der Waals surface area contributed by atoms with Crippen molar-refractivity contribution < 1.29 is 9.18 Å². The van der Waals surface area contributed by atoms with Crippen LogP contribution in [0.1, 0.15) is 62.9 Å². The molecule has 1 saturated heterocycles. The number of amides is 1. The van der Waals surface area contributed by atoms with Crippen LogP contribution >= 0.6 is 11.9 Å². The van der Waals surface area contributed by atoms with E-state index >= 15 is 0 Å². The zero-order chi connectivity index (χ0) is 24.3. The Morgan fingerprint density at radius 2 is 1.85 bits per heavy atom. The van der Waals surface area contributed by atoms with Gasteiger partial charge in [0.15, 0.2) is 0 Å². The maximum Gasteiger partial charge on any atom is 0.253 e. The highest BCUT2D eigenvalue weighted by Crippen LogP contribution is 2.37. The molecule has 0 spiro atoms. The van der Waals surface area contributed by atoms with Gasteiger partial charge < -0.3 is 9.62 Å². The summed E-state index contributed by atoms with van der Waals surface area (Å²) in [6.45, 7) is 10.6. The fraction of sp³-hybridized carbons (Fsp3) is 0.429. The van der Waals surface area contributed by atoms with Crippen LogP contribution in [0.2, 0.25) is 0 Å². The second-order valence-electron chi connectivity index (χ2n) is 10.1. The van der Waals surface area contributed by atoms with Gasteiger partial charge in [-0.2, -0.15) is 0 Å². The van der Waals surface area contributed by atoms with Gasteiger partial charge in [0, 0.05) is 35.9 Å². The molecule has 0 bridgehead atoms. The maximum absolute atomic E-state index is 14.4. The Labute approximate surface area is 206 Å². The predicted molar refractivity (Wildman–Crippen MR) is 140 cm³/mol. The average molecular weight is 480 g/mol. The van der Waals surface area contributed by atoms with Crippen LogP contribution < -0.4 is 4.72 Å². The summed E-state index contributed by atoms with van der Waals surface area (Å²) in [4.78, 5) is 20.3. The number of hydrogen-bond acceptors (Lipinski definition) is 4. The van der Waals surface area contributed by atoms with Crippen molar-refractivity contribution in [3.63, 3.8) is 0 Å². The molecule has 1 aromatic heterocycles. The molecule has 1 fully saturated rings. The van der Waals surface area contributed by atoms with E-state index in [2.05, 4.69) is 30.5 Å². The first-order valence-corrected chi connectivity index (χ1v) is 13.0. The van der Waals surface area contributed by atoms with Crippen LogP contribution in [0.25, 0.3) is 10.9 Å². The number of anilines is 1. The predicted octanol–water partition coefficient (Wildman–Crippen LogP) is 7.34. The number of aromatic nitrogens is 1. The lowest BCUT2D eigenvalue weighted by atomic mass is 9.74. The fourth-order valence-corrected chi connectivity index (χ4v) is 5.81. The number of carbonyl (C=O) groups is 1. The number of nitrogens with one attached hydrogen (secondary N) is 1. The van der Waals surface area contributed by atoms with Crippen molar-refractivity contribution in [2.24, 2.45) is 11.3 Å². The molecule has 0 atom stereocenters. The number of piperidine rings is 1. The molecule has 2 heterocycles. The molecule has 1 aliphatic heterocycles. The molecule has 180 valence electrons. The van der Waals surface area contributed by atoms with Crippen LogP contribution in [-0.2, 0) is 6.42 Å². The van der Waals surface area contributed by atoms with Crippen LogP contribution in [0.4, 0.5) is 10.1 Å². The van der Waals surface area contributed by atoms with Crippen LogP contribution in [0, 0.1) is 17.2 Å². The number of aryl methyl sites for hydroxylation is 1. The summed E-state index contributed by atoms with van der Waals surface area (Å²) in [6.07, 6.45) is 5.82. The summed E-state index contributed by atoms with van der Waals surface area (Å²) >= 11 is 1.40. The lowest BCUT2D eigenvalue weighted by Crippen LogP contribution is -2.42. The number of carbonyl (C=O) groups excluding carboxylic acids is 1. The van der Waals surface area contributed by atoms with Crippen molar-refractivity contribution >= 4 is 34.4 Å². The summed E-state index contributed by atoms with van der Waals surface area (Å²) in [5.41, 5.74) is 3.55. The average Bonchev–Trinajstić information content (AvgIpc) is 2.83. The molecule has 4 rings (SSSR count).